The SMILES string of the molecule is SCCSCC(CS)SC(CS)CSCCS.SCCSCC(CS)SCC(CS)SCCS. The van der Waals surface area contributed by atoms with Gasteiger partial charge < -0.3 is 0 Å². The Morgan fingerprint density at radius 3 is 1.09 bits per heavy atom. The van der Waals surface area contributed by atoms with Gasteiger partial charge in [0.25, 0.3) is 0 Å². The first-order valence-corrected chi connectivity index (χ1v) is 22.6. The Hall–Kier alpha value is 4.90. The summed E-state index contributed by atoms with van der Waals surface area (Å²) < 4.78 is 0. The highest BCUT2D eigenvalue weighted by atomic mass is 32.2. The molecule has 0 spiro atoms. The summed E-state index contributed by atoms with van der Waals surface area (Å²) in [7, 11) is 0. The van der Waals surface area contributed by atoms with Gasteiger partial charge in [0.05, 0.1) is 0 Å². The zero-order valence-electron chi connectivity index (χ0n) is 19.7. The zero-order valence-corrected chi connectivity index (χ0v) is 31.7. The zero-order chi connectivity index (χ0) is 25.9. The van der Waals surface area contributed by atoms with E-state index in [1.165, 1.54) is 23.0 Å². The fourth-order valence-electron chi connectivity index (χ4n) is 2.15. The van der Waals surface area contributed by atoms with Crippen molar-refractivity contribution in [1.82, 2.24) is 0 Å². The summed E-state index contributed by atoms with van der Waals surface area (Å²) in [5.74, 6) is 16.9. The third-order valence-corrected chi connectivity index (χ3v) is 17.0. The summed E-state index contributed by atoms with van der Waals surface area (Å²) in [5, 5.41) is 2.57. The van der Waals surface area contributed by atoms with Crippen LogP contribution in [-0.2, 0) is 0 Å². The Labute approximate surface area is 281 Å². The third kappa shape index (κ3) is 28.4. The van der Waals surface area contributed by atoms with E-state index in [0.29, 0.717) is 21.0 Å². The summed E-state index contributed by atoms with van der Waals surface area (Å²) in [6, 6.07) is 0. The van der Waals surface area contributed by atoms with Crippen LogP contribution in [0.1, 0.15) is 0 Å². The first-order valence-electron chi connectivity index (χ1n) is 11.0. The molecule has 14 heteroatoms. The van der Waals surface area contributed by atoms with Crippen LogP contribution >= 0.6 is 172 Å². The molecule has 0 saturated carbocycles. The van der Waals surface area contributed by atoms with E-state index in [0.717, 1.165) is 69.0 Å². The highest BCUT2D eigenvalue weighted by Crippen LogP contribution is 2.26. The van der Waals surface area contributed by atoms with E-state index in [9.17, 15) is 0 Å². The minimum absolute atomic E-state index is 0.636. The molecule has 0 aromatic heterocycles. The van der Waals surface area contributed by atoms with Crippen LogP contribution in [-0.4, -0.2) is 113 Å². The van der Waals surface area contributed by atoms with Crippen molar-refractivity contribution < 1.29 is 0 Å². The predicted molar refractivity (Wildman–Crippen MR) is 210 cm³/mol. The van der Waals surface area contributed by atoms with Gasteiger partial charge in [0.2, 0.25) is 0 Å². The summed E-state index contributed by atoms with van der Waals surface area (Å²) in [6.45, 7) is 0. The van der Waals surface area contributed by atoms with Gasteiger partial charge in [-0.15, -0.1) is 0 Å². The van der Waals surface area contributed by atoms with E-state index in [4.69, 9.17) is 0 Å². The maximum absolute atomic E-state index is 4.44. The minimum Gasteiger partial charge on any atom is -0.179 e. The van der Waals surface area contributed by atoms with Gasteiger partial charge in [-0.05, 0) is 23.0 Å². The Bertz CT molecular complexity index is 363. The summed E-state index contributed by atoms with van der Waals surface area (Å²) in [4.78, 5) is 0. The van der Waals surface area contributed by atoms with Crippen LogP contribution in [0, 0.1) is 0 Å². The molecule has 0 amide bonds. The highest BCUT2D eigenvalue weighted by molar-refractivity contribution is 8.07. The molecule has 0 saturated heterocycles. The van der Waals surface area contributed by atoms with Crippen LogP contribution in [0.3, 0.4) is 0 Å². The maximum atomic E-state index is 4.44. The van der Waals surface area contributed by atoms with Crippen molar-refractivity contribution in [2.45, 2.75) is 21.0 Å². The second-order valence-corrected chi connectivity index (χ2v) is 17.7. The molecule has 208 valence electrons. The summed E-state index contributed by atoms with van der Waals surface area (Å²) >= 11 is 46.7. The van der Waals surface area contributed by atoms with Gasteiger partial charge in [-0.1, -0.05) is 0 Å². The molecule has 4 atom stereocenters. The molecule has 0 heterocycles. The Kier molecular flexibility index (Phi) is 41.2. The van der Waals surface area contributed by atoms with Gasteiger partial charge in [-0.2, -0.15) is 172 Å². The largest absolute Gasteiger partial charge is 0.179 e. The van der Waals surface area contributed by atoms with Crippen molar-refractivity contribution in [3.63, 3.8) is 0 Å². The lowest BCUT2D eigenvalue weighted by Crippen LogP contribution is -2.19. The molecule has 0 aliphatic heterocycles. The van der Waals surface area contributed by atoms with Gasteiger partial charge >= 0.3 is 0 Å². The number of hydrogen-bond acceptors (Lipinski definition) is 14. The molecular formula is C20H44S14. The van der Waals surface area contributed by atoms with Crippen molar-refractivity contribution in [2.24, 2.45) is 0 Å². The normalized spacial score (nSPS) is 14.8. The quantitative estimate of drug-likeness (QED) is 0.0386. The lowest BCUT2D eigenvalue weighted by molar-refractivity contribution is 1.09. The van der Waals surface area contributed by atoms with E-state index in [-0.39, 0.29) is 0 Å². The molecule has 0 fully saturated rings. The second kappa shape index (κ2) is 34.1. The van der Waals surface area contributed by atoms with Crippen LogP contribution in [0.25, 0.3) is 0 Å². The average Bonchev–Trinajstić information content (AvgIpc) is 2.86. The monoisotopic (exact) mass is 732 g/mol. The molecule has 0 N–H and O–H groups in total. The van der Waals surface area contributed by atoms with Crippen molar-refractivity contribution in [3.05, 3.63) is 0 Å². The summed E-state index contributed by atoms with van der Waals surface area (Å²) in [5.41, 5.74) is 0. The van der Waals surface area contributed by atoms with Crippen LogP contribution in [0.2, 0.25) is 0 Å². The van der Waals surface area contributed by atoms with Crippen LogP contribution in [0.5, 0.6) is 0 Å². The van der Waals surface area contributed by atoms with Gasteiger partial charge in [-0.25, -0.2) is 0 Å². The number of thiol groups is 8. The first-order chi connectivity index (χ1) is 16.6. The molecule has 0 aromatic carbocycles. The molecule has 0 aliphatic rings. The maximum Gasteiger partial charge on any atom is 0.0229 e. The molecular weight excluding hydrogens is 689 g/mol. The van der Waals surface area contributed by atoms with Crippen molar-refractivity contribution in [1.29, 1.82) is 0 Å². The molecule has 0 bridgehead atoms. The van der Waals surface area contributed by atoms with Crippen molar-refractivity contribution >= 4 is 172 Å². The smallest absolute Gasteiger partial charge is 0.0229 e. The number of hydrogen-bond donors (Lipinski definition) is 8. The number of thioether (sulfide) groups is 6. The average molecular weight is 734 g/mol. The second-order valence-electron chi connectivity index (χ2n) is 6.68. The number of rotatable bonds is 24. The molecule has 4 unspecified atom stereocenters. The molecule has 0 aromatic rings. The predicted octanol–water partition coefficient (Wildman–Crippen LogP) is 7.28. The van der Waals surface area contributed by atoms with E-state index in [1.807, 2.05) is 70.6 Å². The standard InChI is InChI=1S/2C10H22S7/c11-1-3-15-7-9(5-13)17-8-10(6-14)16-4-2-12;11-1-3-15-7-9(5-13)17-10(6-14)8-16-4-2-12/h2*9-14H,1-8H2. The van der Waals surface area contributed by atoms with Gasteiger partial charge in [-0.3, -0.25) is 0 Å². The lowest BCUT2D eigenvalue weighted by atomic mass is 10.5. The van der Waals surface area contributed by atoms with Gasteiger partial charge in [0, 0.05) is 90.0 Å². The van der Waals surface area contributed by atoms with Crippen LogP contribution in [0.15, 0.2) is 0 Å². The molecule has 0 rings (SSSR count). The fourth-order valence-corrected chi connectivity index (χ4v) is 12.5. The van der Waals surface area contributed by atoms with Crippen molar-refractivity contribution in [3.8, 4) is 0 Å². The highest BCUT2D eigenvalue weighted by Gasteiger charge is 2.15. The Morgan fingerprint density at radius 2 is 0.735 bits per heavy atom. The molecule has 0 nitrogen and oxygen atoms in total. The van der Waals surface area contributed by atoms with Gasteiger partial charge in [0.15, 0.2) is 0 Å². The van der Waals surface area contributed by atoms with E-state index < -0.39 is 0 Å². The van der Waals surface area contributed by atoms with Gasteiger partial charge in [0.1, 0.15) is 0 Å². The topological polar surface area (TPSA) is 0 Å². The van der Waals surface area contributed by atoms with E-state index >= 15 is 0 Å². The van der Waals surface area contributed by atoms with E-state index in [2.05, 4.69) is 101 Å². The fraction of sp³-hybridized carbons (Fsp3) is 1.00. The minimum atomic E-state index is 0.636. The molecule has 0 aliphatic carbocycles. The molecule has 34 heavy (non-hydrogen) atoms. The van der Waals surface area contributed by atoms with Crippen LogP contribution < -0.4 is 0 Å². The summed E-state index contributed by atoms with van der Waals surface area (Å²) in [6.07, 6.45) is 0. The molecule has 0 radical (unpaired) electrons. The van der Waals surface area contributed by atoms with Crippen LogP contribution in [0.4, 0.5) is 0 Å². The van der Waals surface area contributed by atoms with E-state index in [1.54, 1.807) is 0 Å². The lowest BCUT2D eigenvalue weighted by Gasteiger charge is -2.20. The first kappa shape index (κ1) is 41.0. The third-order valence-electron chi connectivity index (χ3n) is 3.78. The van der Waals surface area contributed by atoms with Crippen molar-refractivity contribution in [2.75, 3.05) is 92.0 Å². The Balaban J connectivity index is 0. The Morgan fingerprint density at radius 1 is 0.382 bits per heavy atom.